The second-order valence-corrected chi connectivity index (χ2v) is 5.11. The second kappa shape index (κ2) is 6.29. The molecule has 0 fully saturated rings. The topological polar surface area (TPSA) is 123 Å². The van der Waals surface area contributed by atoms with Crippen molar-refractivity contribution in [1.82, 2.24) is 10.3 Å². The minimum Gasteiger partial charge on any atom is -0.345 e. The maximum atomic E-state index is 12.1. The Kier molecular flexibility index (Phi) is 4.45. The second-order valence-electron chi connectivity index (χ2n) is 4.17. The molecule has 0 saturated carbocycles. The van der Waals surface area contributed by atoms with E-state index >= 15 is 0 Å². The van der Waals surface area contributed by atoms with Gasteiger partial charge in [0.25, 0.3) is 11.6 Å². The number of nitrogens with one attached hydrogen (secondary N) is 2. The van der Waals surface area contributed by atoms with Crippen LogP contribution in [0.15, 0.2) is 23.6 Å². The van der Waals surface area contributed by atoms with Gasteiger partial charge in [-0.1, -0.05) is 6.07 Å². The maximum Gasteiger partial charge on any atom is 0.294 e. The summed E-state index contributed by atoms with van der Waals surface area (Å²) >= 11 is 1.43. The molecule has 0 bridgehead atoms. The van der Waals surface area contributed by atoms with Gasteiger partial charge in [0.1, 0.15) is 10.7 Å². The number of aromatic nitrogens is 1. The van der Waals surface area contributed by atoms with Gasteiger partial charge in [0, 0.05) is 17.1 Å². The molecule has 1 aromatic carbocycles. The molecule has 0 atom stereocenters. The van der Waals surface area contributed by atoms with Crippen molar-refractivity contribution in [1.29, 1.82) is 0 Å². The number of hydrogen-bond acceptors (Lipinski definition) is 7. The third-order valence-corrected chi connectivity index (χ3v) is 3.66. The molecule has 0 spiro atoms. The smallest absolute Gasteiger partial charge is 0.294 e. The molecule has 110 valence electrons. The van der Waals surface area contributed by atoms with Crippen molar-refractivity contribution in [3.63, 3.8) is 0 Å². The molecule has 0 aliphatic heterocycles. The van der Waals surface area contributed by atoms with Crippen LogP contribution in [0.2, 0.25) is 0 Å². The zero-order valence-corrected chi connectivity index (χ0v) is 11.9. The summed E-state index contributed by atoms with van der Waals surface area (Å²) in [7, 11) is 0. The van der Waals surface area contributed by atoms with Gasteiger partial charge in [-0.05, 0) is 13.0 Å². The number of carbonyl (C=O) groups is 1. The van der Waals surface area contributed by atoms with Gasteiger partial charge in [-0.2, -0.15) is 0 Å². The zero-order valence-electron chi connectivity index (χ0n) is 11.1. The molecule has 0 aliphatic carbocycles. The molecule has 21 heavy (non-hydrogen) atoms. The Hall–Kier alpha value is -2.52. The first-order valence-corrected chi connectivity index (χ1v) is 6.84. The predicted molar refractivity (Wildman–Crippen MR) is 78.9 cm³/mol. The van der Waals surface area contributed by atoms with Crippen molar-refractivity contribution >= 4 is 28.6 Å². The quantitative estimate of drug-likeness (QED) is 0.438. The van der Waals surface area contributed by atoms with Gasteiger partial charge >= 0.3 is 0 Å². The molecular formula is C12H13N5O3S. The summed E-state index contributed by atoms with van der Waals surface area (Å²) in [5, 5.41) is 16.2. The molecular weight excluding hydrogens is 294 g/mol. The first-order chi connectivity index (χ1) is 10.0. The fraction of sp³-hybridized carbons (Fsp3) is 0.167. The SMILES string of the molecule is Cc1csc(CNC(=O)c2cccc([N+](=O)[O-])c2NN)n1. The summed E-state index contributed by atoms with van der Waals surface area (Å²) < 4.78 is 0. The van der Waals surface area contributed by atoms with E-state index in [1.54, 1.807) is 0 Å². The number of para-hydroxylation sites is 1. The zero-order chi connectivity index (χ0) is 15.4. The lowest BCUT2D eigenvalue weighted by Crippen LogP contribution is -2.25. The van der Waals surface area contributed by atoms with E-state index in [0.717, 1.165) is 10.7 Å². The number of amides is 1. The summed E-state index contributed by atoms with van der Waals surface area (Å²) in [6.07, 6.45) is 0. The van der Waals surface area contributed by atoms with Crippen molar-refractivity contribution in [3.05, 3.63) is 50.0 Å². The van der Waals surface area contributed by atoms with Crippen LogP contribution in [-0.2, 0) is 6.54 Å². The van der Waals surface area contributed by atoms with Crippen molar-refractivity contribution < 1.29 is 9.72 Å². The lowest BCUT2D eigenvalue weighted by Gasteiger charge is -2.09. The van der Waals surface area contributed by atoms with Crippen LogP contribution in [-0.4, -0.2) is 15.8 Å². The fourth-order valence-corrected chi connectivity index (χ4v) is 2.48. The summed E-state index contributed by atoms with van der Waals surface area (Å²) in [6.45, 7) is 2.11. The predicted octanol–water partition coefficient (Wildman–Crippen LogP) is 1.58. The lowest BCUT2D eigenvalue weighted by molar-refractivity contribution is -0.384. The summed E-state index contributed by atoms with van der Waals surface area (Å²) in [5.41, 5.74) is 2.93. The molecule has 1 aromatic heterocycles. The number of rotatable bonds is 5. The number of nitrogen functional groups attached to an aromatic ring is 1. The minimum atomic E-state index is -0.601. The average molecular weight is 307 g/mol. The molecule has 4 N–H and O–H groups in total. The van der Waals surface area contributed by atoms with Crippen LogP contribution in [0.1, 0.15) is 21.1 Å². The first kappa shape index (κ1) is 14.9. The first-order valence-electron chi connectivity index (χ1n) is 5.96. The third-order valence-electron chi connectivity index (χ3n) is 2.69. The normalized spacial score (nSPS) is 10.2. The molecule has 2 rings (SSSR count). The van der Waals surface area contributed by atoms with Crippen LogP contribution in [0.3, 0.4) is 0 Å². The van der Waals surface area contributed by atoms with Gasteiger partial charge in [0.05, 0.1) is 17.0 Å². The Morgan fingerprint density at radius 3 is 2.86 bits per heavy atom. The van der Waals surface area contributed by atoms with E-state index < -0.39 is 10.8 Å². The minimum absolute atomic E-state index is 0.0182. The fourth-order valence-electron chi connectivity index (χ4n) is 1.77. The molecule has 0 saturated heterocycles. The molecule has 1 heterocycles. The van der Waals surface area contributed by atoms with Gasteiger partial charge in [0.2, 0.25) is 0 Å². The highest BCUT2D eigenvalue weighted by atomic mass is 32.1. The van der Waals surface area contributed by atoms with E-state index in [1.807, 2.05) is 12.3 Å². The van der Waals surface area contributed by atoms with E-state index in [1.165, 1.54) is 29.5 Å². The van der Waals surface area contributed by atoms with Crippen LogP contribution < -0.4 is 16.6 Å². The van der Waals surface area contributed by atoms with Crippen LogP contribution in [0.4, 0.5) is 11.4 Å². The molecule has 2 aromatic rings. The highest BCUT2D eigenvalue weighted by Gasteiger charge is 2.20. The Morgan fingerprint density at radius 2 is 2.29 bits per heavy atom. The van der Waals surface area contributed by atoms with Gasteiger partial charge in [-0.25, -0.2) is 4.98 Å². The van der Waals surface area contributed by atoms with Gasteiger partial charge in [-0.15, -0.1) is 11.3 Å². The van der Waals surface area contributed by atoms with Crippen LogP contribution in [0.5, 0.6) is 0 Å². The van der Waals surface area contributed by atoms with Crippen molar-refractivity contribution in [2.75, 3.05) is 5.43 Å². The number of nitrogens with zero attached hydrogens (tertiary/aromatic N) is 2. The number of nitro groups is 1. The Morgan fingerprint density at radius 1 is 1.52 bits per heavy atom. The molecule has 0 unspecified atom stereocenters. The maximum absolute atomic E-state index is 12.1. The number of hydrazine groups is 1. The number of anilines is 1. The van der Waals surface area contributed by atoms with E-state index in [-0.39, 0.29) is 23.5 Å². The standard InChI is InChI=1S/C12H13N5O3S/c1-7-6-21-10(15-7)5-14-12(18)8-3-2-4-9(17(19)20)11(8)16-13/h2-4,6,16H,5,13H2,1H3,(H,14,18). The Labute approximate surface area is 124 Å². The van der Waals surface area contributed by atoms with Crippen LogP contribution in [0, 0.1) is 17.0 Å². The highest BCUT2D eigenvalue weighted by molar-refractivity contribution is 7.09. The number of nitrogens with two attached hydrogens (primary N) is 1. The van der Waals surface area contributed by atoms with Crippen molar-refractivity contribution in [2.45, 2.75) is 13.5 Å². The third kappa shape index (κ3) is 3.33. The van der Waals surface area contributed by atoms with Crippen molar-refractivity contribution in [3.8, 4) is 0 Å². The number of aryl methyl sites for hydroxylation is 1. The number of hydrogen-bond donors (Lipinski definition) is 3. The monoisotopic (exact) mass is 307 g/mol. The molecule has 8 nitrogen and oxygen atoms in total. The molecule has 0 radical (unpaired) electrons. The van der Waals surface area contributed by atoms with Gasteiger partial charge in [-0.3, -0.25) is 20.8 Å². The number of carbonyl (C=O) groups excluding carboxylic acids is 1. The van der Waals surface area contributed by atoms with Crippen LogP contribution >= 0.6 is 11.3 Å². The largest absolute Gasteiger partial charge is 0.345 e. The van der Waals surface area contributed by atoms with E-state index in [4.69, 9.17) is 5.84 Å². The summed E-state index contributed by atoms with van der Waals surface area (Å²) in [4.78, 5) is 26.7. The van der Waals surface area contributed by atoms with Crippen molar-refractivity contribution in [2.24, 2.45) is 5.84 Å². The Bertz CT molecular complexity index is 685. The number of benzene rings is 1. The van der Waals surface area contributed by atoms with E-state index in [9.17, 15) is 14.9 Å². The summed E-state index contributed by atoms with van der Waals surface area (Å²) in [5.74, 6) is 4.83. The van der Waals surface area contributed by atoms with Gasteiger partial charge < -0.3 is 10.7 Å². The average Bonchev–Trinajstić information content (AvgIpc) is 2.89. The van der Waals surface area contributed by atoms with E-state index in [0.29, 0.717) is 0 Å². The Balaban J connectivity index is 2.19. The number of nitro benzene ring substituents is 1. The molecule has 1 amide bonds. The molecule has 0 aliphatic rings. The highest BCUT2D eigenvalue weighted by Crippen LogP contribution is 2.27. The number of thiazole rings is 1. The van der Waals surface area contributed by atoms with Crippen LogP contribution in [0.25, 0.3) is 0 Å². The van der Waals surface area contributed by atoms with Gasteiger partial charge in [0.15, 0.2) is 0 Å². The lowest BCUT2D eigenvalue weighted by atomic mass is 10.1. The summed E-state index contributed by atoms with van der Waals surface area (Å²) in [6, 6.07) is 4.17. The van der Waals surface area contributed by atoms with E-state index in [2.05, 4.69) is 15.7 Å². The molecule has 9 heteroatoms.